The van der Waals surface area contributed by atoms with Gasteiger partial charge in [0, 0.05) is 55.2 Å². The summed E-state index contributed by atoms with van der Waals surface area (Å²) in [4.78, 5) is 34.8. The molecule has 2 amide bonds. The van der Waals surface area contributed by atoms with Crippen molar-refractivity contribution in [1.82, 2.24) is 20.1 Å². The lowest BCUT2D eigenvalue weighted by Gasteiger charge is -2.34. The number of carbonyl (C=O) groups excluding carboxylic acids is 2. The highest BCUT2D eigenvalue weighted by Crippen LogP contribution is 2.21. The van der Waals surface area contributed by atoms with E-state index in [1.165, 1.54) is 11.3 Å². The van der Waals surface area contributed by atoms with Crippen molar-refractivity contribution in [2.75, 3.05) is 26.2 Å². The van der Waals surface area contributed by atoms with E-state index in [0.717, 1.165) is 36.0 Å². The Balaban J connectivity index is 1.55. The Labute approximate surface area is 193 Å². The first-order valence-corrected chi connectivity index (χ1v) is 12.1. The van der Waals surface area contributed by atoms with Crippen molar-refractivity contribution < 1.29 is 9.59 Å². The Hall–Kier alpha value is -2.64. The van der Waals surface area contributed by atoms with E-state index in [-0.39, 0.29) is 17.4 Å². The van der Waals surface area contributed by atoms with E-state index >= 15 is 0 Å². The molecule has 3 heterocycles. The quantitative estimate of drug-likeness (QED) is 0.617. The van der Waals surface area contributed by atoms with Gasteiger partial charge in [-0.05, 0) is 50.3 Å². The van der Waals surface area contributed by atoms with Crippen LogP contribution in [0.1, 0.15) is 42.4 Å². The summed E-state index contributed by atoms with van der Waals surface area (Å²) in [5.41, 5.74) is 2.15. The molecule has 1 fully saturated rings. The number of nitrogens with one attached hydrogen (secondary N) is 2. The van der Waals surface area contributed by atoms with Crippen LogP contribution in [0.2, 0.25) is 0 Å². The Kier molecular flexibility index (Phi) is 6.67. The molecule has 1 aliphatic rings. The largest absolute Gasteiger partial charge is 0.361 e. The molecule has 1 atom stereocenters. The molecule has 1 aromatic carbocycles. The zero-order valence-electron chi connectivity index (χ0n) is 19.1. The molecule has 0 bridgehead atoms. The fourth-order valence-corrected chi connectivity index (χ4v) is 5.01. The van der Waals surface area contributed by atoms with E-state index in [9.17, 15) is 9.59 Å². The highest BCUT2D eigenvalue weighted by molar-refractivity contribution is 7.12. The zero-order valence-corrected chi connectivity index (χ0v) is 19.9. The highest BCUT2D eigenvalue weighted by Gasteiger charge is 2.31. The van der Waals surface area contributed by atoms with Crippen LogP contribution < -0.4 is 5.32 Å². The fourth-order valence-electron chi connectivity index (χ4n) is 4.39. The lowest BCUT2D eigenvalue weighted by atomic mass is 10.0. The first-order chi connectivity index (χ1) is 15.3. The zero-order chi connectivity index (χ0) is 22.7. The number of H-pyrrole nitrogens is 1. The molecule has 32 heavy (non-hydrogen) atoms. The maximum Gasteiger partial charge on any atom is 0.262 e. The predicted molar refractivity (Wildman–Crippen MR) is 130 cm³/mol. The van der Waals surface area contributed by atoms with Gasteiger partial charge in [0.05, 0.1) is 4.88 Å². The predicted octanol–water partition coefficient (Wildman–Crippen LogP) is 3.90. The molecule has 0 saturated carbocycles. The van der Waals surface area contributed by atoms with Crippen molar-refractivity contribution in [2.24, 2.45) is 0 Å². The van der Waals surface area contributed by atoms with E-state index in [1.807, 2.05) is 40.7 Å². The lowest BCUT2D eigenvalue weighted by molar-refractivity contribution is -0.133. The number of aromatic amines is 1. The van der Waals surface area contributed by atoms with Gasteiger partial charge in [-0.25, -0.2) is 0 Å². The van der Waals surface area contributed by atoms with Crippen LogP contribution >= 0.6 is 11.3 Å². The van der Waals surface area contributed by atoms with Gasteiger partial charge >= 0.3 is 0 Å². The fraction of sp³-hybridized carbons (Fsp3) is 0.440. The second kappa shape index (κ2) is 9.46. The van der Waals surface area contributed by atoms with Crippen LogP contribution in [0.3, 0.4) is 0 Å². The average Bonchev–Trinajstić information content (AvgIpc) is 3.37. The van der Waals surface area contributed by atoms with Gasteiger partial charge < -0.3 is 15.2 Å². The molecule has 4 rings (SSSR count). The third-order valence-corrected chi connectivity index (χ3v) is 7.07. The maximum absolute atomic E-state index is 13.7. The summed E-state index contributed by atoms with van der Waals surface area (Å²) in [5, 5.41) is 6.00. The molecule has 1 saturated heterocycles. The van der Waals surface area contributed by atoms with Crippen molar-refractivity contribution >= 4 is 34.1 Å². The molecular formula is C25H32N4O2S. The number of hydrogen-bond donors (Lipinski definition) is 2. The van der Waals surface area contributed by atoms with Gasteiger partial charge in [0.25, 0.3) is 5.91 Å². The number of carbonyl (C=O) groups is 2. The number of para-hydroxylation sites is 1. The van der Waals surface area contributed by atoms with Crippen molar-refractivity contribution in [1.29, 1.82) is 0 Å². The van der Waals surface area contributed by atoms with Crippen LogP contribution in [0.5, 0.6) is 0 Å². The molecule has 2 aromatic heterocycles. The van der Waals surface area contributed by atoms with Crippen LogP contribution in [0.25, 0.3) is 10.9 Å². The van der Waals surface area contributed by atoms with E-state index in [4.69, 9.17) is 0 Å². The molecule has 7 heteroatoms. The minimum Gasteiger partial charge on any atom is -0.361 e. The van der Waals surface area contributed by atoms with Crippen LogP contribution in [-0.2, 0) is 11.2 Å². The molecule has 170 valence electrons. The van der Waals surface area contributed by atoms with Crippen LogP contribution in [0, 0.1) is 0 Å². The van der Waals surface area contributed by atoms with Gasteiger partial charge in [0.1, 0.15) is 6.04 Å². The minimum atomic E-state index is -0.606. The van der Waals surface area contributed by atoms with E-state index < -0.39 is 6.04 Å². The normalized spacial score (nSPS) is 16.7. The number of hydrogen-bond acceptors (Lipinski definition) is 4. The van der Waals surface area contributed by atoms with Crippen molar-refractivity contribution in [3.63, 3.8) is 0 Å². The van der Waals surface area contributed by atoms with Crippen molar-refractivity contribution in [3.8, 4) is 0 Å². The van der Waals surface area contributed by atoms with Gasteiger partial charge in [0.2, 0.25) is 5.91 Å². The molecule has 1 aliphatic heterocycles. The standard InChI is InChI=1S/C25H32N4O2S/c1-25(2,3)29-12-7-11-28(13-14-29)24(31)21(27-23(30)22-10-6-15-32-22)16-18-17-26-20-9-5-4-8-19(18)20/h4-6,8-10,15,17,21,26H,7,11-14,16H2,1-3H3,(H,27,30). The molecule has 1 unspecified atom stereocenters. The van der Waals surface area contributed by atoms with Crippen LogP contribution in [0.15, 0.2) is 48.0 Å². The summed E-state index contributed by atoms with van der Waals surface area (Å²) >= 11 is 1.39. The second-order valence-electron chi connectivity index (χ2n) is 9.40. The Bertz CT molecular complexity index is 1070. The lowest BCUT2D eigenvalue weighted by Crippen LogP contribution is -2.51. The third-order valence-electron chi connectivity index (χ3n) is 6.20. The third kappa shape index (κ3) is 5.05. The smallest absolute Gasteiger partial charge is 0.262 e. The summed E-state index contributed by atoms with van der Waals surface area (Å²) in [6.07, 6.45) is 3.34. The van der Waals surface area contributed by atoms with Crippen molar-refractivity contribution in [2.45, 2.75) is 45.2 Å². The molecule has 0 spiro atoms. The number of fused-ring (bicyclic) bond motifs is 1. The minimum absolute atomic E-state index is 0.00375. The van der Waals surface area contributed by atoms with Crippen LogP contribution in [-0.4, -0.2) is 64.4 Å². The summed E-state index contributed by atoms with van der Waals surface area (Å²) < 4.78 is 0. The molecule has 6 nitrogen and oxygen atoms in total. The summed E-state index contributed by atoms with van der Waals surface area (Å²) in [5.74, 6) is -0.194. The first kappa shape index (κ1) is 22.6. The Morgan fingerprint density at radius 3 is 2.66 bits per heavy atom. The van der Waals surface area contributed by atoms with Crippen molar-refractivity contribution in [3.05, 3.63) is 58.4 Å². The van der Waals surface area contributed by atoms with Gasteiger partial charge in [-0.2, -0.15) is 0 Å². The monoisotopic (exact) mass is 452 g/mol. The molecular weight excluding hydrogens is 420 g/mol. The van der Waals surface area contributed by atoms with Gasteiger partial charge in [-0.1, -0.05) is 24.3 Å². The molecule has 0 radical (unpaired) electrons. The van der Waals surface area contributed by atoms with E-state index in [2.05, 4.69) is 42.0 Å². The maximum atomic E-state index is 13.7. The highest BCUT2D eigenvalue weighted by atomic mass is 32.1. The molecule has 3 aromatic rings. The molecule has 2 N–H and O–H groups in total. The van der Waals surface area contributed by atoms with E-state index in [1.54, 1.807) is 6.07 Å². The Morgan fingerprint density at radius 2 is 1.91 bits per heavy atom. The van der Waals surface area contributed by atoms with Gasteiger partial charge in [0.15, 0.2) is 0 Å². The molecule has 0 aliphatic carbocycles. The summed E-state index contributed by atoms with van der Waals surface area (Å²) in [6, 6.07) is 11.1. The average molecular weight is 453 g/mol. The number of amides is 2. The SMILES string of the molecule is CC(C)(C)N1CCCN(C(=O)C(Cc2c[nH]c3ccccc23)NC(=O)c2cccs2)CC1. The number of rotatable bonds is 5. The second-order valence-corrected chi connectivity index (χ2v) is 10.4. The topological polar surface area (TPSA) is 68.4 Å². The van der Waals surface area contributed by atoms with Gasteiger partial charge in [-0.15, -0.1) is 11.3 Å². The first-order valence-electron chi connectivity index (χ1n) is 11.3. The number of nitrogens with zero attached hydrogens (tertiary/aromatic N) is 2. The van der Waals surface area contributed by atoms with Gasteiger partial charge in [-0.3, -0.25) is 14.5 Å². The Morgan fingerprint density at radius 1 is 1.09 bits per heavy atom. The summed E-state index contributed by atoms with van der Waals surface area (Å²) in [6.45, 7) is 9.85. The van der Waals surface area contributed by atoms with Crippen LogP contribution in [0.4, 0.5) is 0 Å². The number of benzene rings is 1. The van der Waals surface area contributed by atoms with E-state index in [0.29, 0.717) is 24.4 Å². The number of thiophene rings is 1. The number of aromatic nitrogens is 1. The summed E-state index contributed by atoms with van der Waals surface area (Å²) in [7, 11) is 0.